The van der Waals surface area contributed by atoms with Gasteiger partial charge in [0.25, 0.3) is 0 Å². The Balaban J connectivity index is 1.67. The Morgan fingerprint density at radius 2 is 1.93 bits per heavy atom. The summed E-state index contributed by atoms with van der Waals surface area (Å²) in [5, 5.41) is 10.4. The fraction of sp³-hybridized carbons (Fsp3) is 0.684. The van der Waals surface area contributed by atoms with Gasteiger partial charge in [-0.15, -0.1) is 0 Å². The molecule has 2 fully saturated rings. The average molecular weight is 386 g/mol. The molecule has 1 aromatic heterocycles. The maximum absolute atomic E-state index is 13.0. The van der Waals surface area contributed by atoms with Crippen LogP contribution in [0, 0.1) is 5.41 Å². The largest absolute Gasteiger partial charge is 0.465 e. The van der Waals surface area contributed by atoms with E-state index in [0.717, 1.165) is 13.3 Å². The molecule has 0 radical (unpaired) electrons. The number of carbonyl (C=O) groups is 1. The van der Waals surface area contributed by atoms with Gasteiger partial charge in [-0.1, -0.05) is 6.92 Å². The van der Waals surface area contributed by atoms with Crippen molar-refractivity contribution in [3.05, 3.63) is 18.3 Å². The van der Waals surface area contributed by atoms with Crippen molar-refractivity contribution < 1.29 is 27.8 Å². The van der Waals surface area contributed by atoms with Gasteiger partial charge in [-0.2, -0.15) is 13.2 Å². The molecule has 1 amide bonds. The molecule has 27 heavy (non-hydrogen) atoms. The highest BCUT2D eigenvalue weighted by atomic mass is 19.4. The van der Waals surface area contributed by atoms with Gasteiger partial charge >= 0.3 is 6.18 Å². The summed E-state index contributed by atoms with van der Waals surface area (Å²) in [5.41, 5.74) is -0.559. The molecule has 2 aliphatic rings. The molecule has 3 rings (SSSR count). The number of halogens is 3. The molecule has 1 aliphatic heterocycles. The second kappa shape index (κ2) is 6.96. The quantitative estimate of drug-likeness (QED) is 0.854. The molecule has 1 saturated heterocycles. The van der Waals surface area contributed by atoms with Gasteiger partial charge in [-0.05, 0) is 51.5 Å². The number of aliphatic hydroxyl groups is 1. The van der Waals surface area contributed by atoms with Gasteiger partial charge in [0, 0.05) is 12.6 Å². The average Bonchev–Trinajstić information content (AvgIpc) is 2.94. The summed E-state index contributed by atoms with van der Waals surface area (Å²) >= 11 is 0. The minimum atomic E-state index is -4.46. The smallest absolute Gasteiger partial charge is 0.425 e. The van der Waals surface area contributed by atoms with Gasteiger partial charge in [-0.25, -0.2) is 4.98 Å². The molecule has 1 atom stereocenters. The predicted molar refractivity (Wildman–Crippen MR) is 93.5 cm³/mol. The molecule has 0 bridgehead atoms. The van der Waals surface area contributed by atoms with Gasteiger partial charge in [0.15, 0.2) is 6.10 Å². The Morgan fingerprint density at radius 3 is 2.44 bits per heavy atom. The Hall–Kier alpha value is -1.83. The van der Waals surface area contributed by atoms with Gasteiger partial charge in [0.1, 0.15) is 0 Å². The molecule has 150 valence electrons. The summed E-state index contributed by atoms with van der Waals surface area (Å²) in [6.07, 6.45) is -1.09. The highest BCUT2D eigenvalue weighted by Crippen LogP contribution is 2.49. The fourth-order valence-corrected chi connectivity index (χ4v) is 3.93. The van der Waals surface area contributed by atoms with E-state index in [1.54, 1.807) is 11.0 Å². The van der Waals surface area contributed by atoms with Crippen LogP contribution in [0.1, 0.15) is 52.4 Å². The molecule has 0 aromatic carbocycles. The molecule has 8 heteroatoms. The minimum Gasteiger partial charge on any atom is -0.465 e. The summed E-state index contributed by atoms with van der Waals surface area (Å²) in [5.74, 6) is -0.115. The molecule has 5 nitrogen and oxygen atoms in total. The van der Waals surface area contributed by atoms with E-state index in [2.05, 4.69) is 4.98 Å². The third-order valence-electron chi connectivity index (χ3n) is 6.10. The number of ether oxygens (including phenoxy) is 1. The van der Waals surface area contributed by atoms with Crippen LogP contribution in [-0.2, 0) is 4.79 Å². The Bertz CT molecular complexity index is 682. The summed E-state index contributed by atoms with van der Waals surface area (Å²) in [6, 6.07) is 2.92. The molecule has 1 N–H and O–H groups in total. The molecule has 1 saturated carbocycles. The van der Waals surface area contributed by atoms with Crippen molar-refractivity contribution >= 4 is 11.6 Å². The van der Waals surface area contributed by atoms with E-state index in [-0.39, 0.29) is 11.8 Å². The van der Waals surface area contributed by atoms with Gasteiger partial charge < -0.3 is 14.7 Å². The lowest BCUT2D eigenvalue weighted by Crippen LogP contribution is -2.43. The van der Waals surface area contributed by atoms with E-state index in [4.69, 9.17) is 4.74 Å². The zero-order valence-electron chi connectivity index (χ0n) is 15.6. The van der Waals surface area contributed by atoms with Crippen molar-refractivity contribution in [3.8, 4) is 5.88 Å². The van der Waals surface area contributed by atoms with Crippen LogP contribution in [0.3, 0.4) is 0 Å². The number of nitrogens with zero attached hydrogens (tertiary/aromatic N) is 2. The molecule has 2 heterocycles. The number of carbonyl (C=O) groups excluding carboxylic acids is 1. The first kappa shape index (κ1) is 19.9. The third-order valence-corrected chi connectivity index (χ3v) is 6.10. The van der Waals surface area contributed by atoms with Crippen LogP contribution >= 0.6 is 0 Å². The molecule has 1 spiro atoms. The molecular formula is C19H25F3N2O3. The van der Waals surface area contributed by atoms with Crippen molar-refractivity contribution in [3.63, 3.8) is 0 Å². The van der Waals surface area contributed by atoms with Crippen molar-refractivity contribution in [2.24, 2.45) is 5.41 Å². The monoisotopic (exact) mass is 386 g/mol. The fourth-order valence-electron chi connectivity index (χ4n) is 3.93. The van der Waals surface area contributed by atoms with Gasteiger partial charge in [0.2, 0.25) is 11.8 Å². The number of pyridine rings is 1. The molecular weight excluding hydrogens is 361 g/mol. The van der Waals surface area contributed by atoms with Crippen molar-refractivity contribution in [1.29, 1.82) is 0 Å². The summed E-state index contributed by atoms with van der Waals surface area (Å²) in [7, 11) is 0. The summed E-state index contributed by atoms with van der Waals surface area (Å²) < 4.78 is 42.5. The molecule has 0 unspecified atom stereocenters. The van der Waals surface area contributed by atoms with E-state index in [9.17, 15) is 23.1 Å². The number of amides is 1. The van der Waals surface area contributed by atoms with Crippen LogP contribution in [0.4, 0.5) is 18.9 Å². The Morgan fingerprint density at radius 1 is 1.26 bits per heavy atom. The second-order valence-electron chi connectivity index (χ2n) is 7.72. The SMILES string of the molecule is CC[C@]1(O)CC[C@@]2(CCN(c3ccc(O[C@@H](C)C(F)(F)F)nc3)C2=O)CC1. The van der Waals surface area contributed by atoms with E-state index in [0.29, 0.717) is 44.3 Å². The van der Waals surface area contributed by atoms with Gasteiger partial charge in [-0.3, -0.25) is 4.79 Å². The maximum Gasteiger partial charge on any atom is 0.425 e. The number of aromatic nitrogens is 1. The molecule has 1 aromatic rings. The molecule has 1 aliphatic carbocycles. The highest BCUT2D eigenvalue weighted by molar-refractivity contribution is 5.99. The number of hydrogen-bond acceptors (Lipinski definition) is 4. The Kier molecular flexibility index (Phi) is 5.14. The standard InChI is InChI=1S/C19H25F3N2O3/c1-3-18(26)8-6-17(7-9-18)10-11-24(16(17)25)14-4-5-15(23-12-14)27-13(2)19(20,21)22/h4-5,12-13,26H,3,6-11H2,1-2H3/t13-,17-,18-/m0/s1. The zero-order valence-corrected chi connectivity index (χ0v) is 15.6. The van der Waals surface area contributed by atoms with Crippen molar-refractivity contribution in [2.75, 3.05) is 11.4 Å². The van der Waals surface area contributed by atoms with Crippen LogP contribution in [0.5, 0.6) is 5.88 Å². The van der Waals surface area contributed by atoms with Crippen LogP contribution in [0.15, 0.2) is 18.3 Å². The topological polar surface area (TPSA) is 62.7 Å². The van der Waals surface area contributed by atoms with Gasteiger partial charge in [0.05, 0.1) is 22.9 Å². The number of hydrogen-bond donors (Lipinski definition) is 1. The summed E-state index contributed by atoms with van der Waals surface area (Å²) in [6.45, 7) is 3.42. The highest BCUT2D eigenvalue weighted by Gasteiger charge is 2.51. The normalized spacial score (nSPS) is 30.0. The second-order valence-corrected chi connectivity index (χ2v) is 7.72. The van der Waals surface area contributed by atoms with E-state index >= 15 is 0 Å². The number of anilines is 1. The number of alkyl halides is 3. The van der Waals surface area contributed by atoms with Crippen molar-refractivity contribution in [1.82, 2.24) is 4.98 Å². The Labute approximate surface area is 156 Å². The van der Waals surface area contributed by atoms with E-state index in [1.165, 1.54) is 12.3 Å². The first-order chi connectivity index (χ1) is 12.6. The van der Waals surface area contributed by atoms with Crippen LogP contribution in [-0.4, -0.2) is 40.4 Å². The zero-order chi connectivity index (χ0) is 19.9. The minimum absolute atomic E-state index is 0.0137. The number of rotatable bonds is 4. The van der Waals surface area contributed by atoms with E-state index < -0.39 is 23.3 Å². The predicted octanol–water partition coefficient (Wildman–Crippen LogP) is 3.85. The first-order valence-electron chi connectivity index (χ1n) is 9.32. The van der Waals surface area contributed by atoms with E-state index in [1.807, 2.05) is 6.92 Å². The van der Waals surface area contributed by atoms with Crippen LogP contribution in [0.25, 0.3) is 0 Å². The lowest BCUT2D eigenvalue weighted by atomic mass is 9.67. The maximum atomic E-state index is 13.0. The lowest BCUT2D eigenvalue weighted by molar-refractivity contribution is -0.189. The first-order valence-corrected chi connectivity index (χ1v) is 9.32. The lowest BCUT2D eigenvalue weighted by Gasteiger charge is -2.40. The van der Waals surface area contributed by atoms with Crippen LogP contribution in [0.2, 0.25) is 0 Å². The van der Waals surface area contributed by atoms with Crippen molar-refractivity contribution in [2.45, 2.75) is 70.3 Å². The third kappa shape index (κ3) is 3.90. The summed E-state index contributed by atoms with van der Waals surface area (Å²) in [4.78, 5) is 18.6. The van der Waals surface area contributed by atoms with Crippen LogP contribution < -0.4 is 9.64 Å².